The molecule has 0 saturated carbocycles. The topological polar surface area (TPSA) is 88.5 Å². The Kier molecular flexibility index (Phi) is 6.70. The fraction of sp³-hybridized carbons (Fsp3) is 0.348. The highest BCUT2D eigenvalue weighted by Crippen LogP contribution is 2.29. The van der Waals surface area contributed by atoms with Crippen LogP contribution >= 0.6 is 0 Å². The van der Waals surface area contributed by atoms with Crippen LogP contribution in [0.2, 0.25) is 0 Å². The number of amides is 2. The second-order valence-corrected chi connectivity index (χ2v) is 7.71. The first kappa shape index (κ1) is 21.3. The molecule has 7 nitrogen and oxygen atoms in total. The Hall–Kier alpha value is -3.37. The van der Waals surface area contributed by atoms with Crippen LogP contribution in [0.4, 0.5) is 11.4 Å². The molecular formula is C23H27N5O2. The molecule has 1 atom stereocenters. The van der Waals surface area contributed by atoms with E-state index in [2.05, 4.69) is 40.8 Å². The summed E-state index contributed by atoms with van der Waals surface area (Å²) in [4.78, 5) is 28.9. The van der Waals surface area contributed by atoms with E-state index >= 15 is 0 Å². The molecular weight excluding hydrogens is 378 g/mol. The van der Waals surface area contributed by atoms with Crippen molar-refractivity contribution in [3.8, 4) is 6.07 Å². The molecule has 0 fully saturated rings. The highest BCUT2D eigenvalue weighted by Gasteiger charge is 2.21. The molecule has 1 heterocycles. The van der Waals surface area contributed by atoms with Crippen LogP contribution in [0.5, 0.6) is 0 Å². The Balaban J connectivity index is 1.67. The predicted molar refractivity (Wildman–Crippen MR) is 117 cm³/mol. The molecule has 0 saturated heterocycles. The maximum Gasteiger partial charge on any atom is 0.313 e. The average Bonchev–Trinajstić information content (AvgIpc) is 2.74. The Morgan fingerprint density at radius 2 is 1.97 bits per heavy atom. The second kappa shape index (κ2) is 9.42. The molecule has 1 aliphatic rings. The third-order valence-electron chi connectivity index (χ3n) is 5.42. The molecule has 0 radical (unpaired) electrons. The fourth-order valence-electron chi connectivity index (χ4n) is 3.75. The number of aryl methyl sites for hydroxylation is 1. The molecule has 2 amide bonds. The van der Waals surface area contributed by atoms with Crippen molar-refractivity contribution in [3.63, 3.8) is 0 Å². The van der Waals surface area contributed by atoms with Gasteiger partial charge in [-0.05, 0) is 56.3 Å². The number of rotatable bonds is 5. The van der Waals surface area contributed by atoms with Crippen molar-refractivity contribution in [3.05, 3.63) is 59.2 Å². The number of hydrogen-bond donors (Lipinski definition) is 2. The highest BCUT2D eigenvalue weighted by molar-refractivity contribution is 6.39. The number of benzene rings is 2. The van der Waals surface area contributed by atoms with E-state index in [9.17, 15) is 9.59 Å². The first-order valence-corrected chi connectivity index (χ1v) is 9.99. The van der Waals surface area contributed by atoms with Gasteiger partial charge in [0.1, 0.15) is 6.07 Å². The van der Waals surface area contributed by atoms with E-state index in [1.165, 1.54) is 11.3 Å². The summed E-state index contributed by atoms with van der Waals surface area (Å²) < 4.78 is 0. The zero-order chi connectivity index (χ0) is 21.7. The number of carbonyl (C=O) groups is 2. The number of carbonyl (C=O) groups excluding carboxylic acids is 2. The van der Waals surface area contributed by atoms with Crippen molar-refractivity contribution < 1.29 is 9.59 Å². The van der Waals surface area contributed by atoms with Gasteiger partial charge in [0.2, 0.25) is 0 Å². The normalized spacial score (nSPS) is 13.9. The Morgan fingerprint density at radius 1 is 1.20 bits per heavy atom. The first-order valence-electron chi connectivity index (χ1n) is 9.99. The fourth-order valence-corrected chi connectivity index (χ4v) is 3.75. The third-order valence-corrected chi connectivity index (χ3v) is 5.42. The average molecular weight is 406 g/mol. The second-order valence-electron chi connectivity index (χ2n) is 7.71. The molecule has 0 aliphatic carbocycles. The number of anilines is 2. The molecule has 156 valence electrons. The number of nitriles is 1. The Morgan fingerprint density at radius 3 is 2.70 bits per heavy atom. The van der Waals surface area contributed by atoms with E-state index in [1.807, 2.05) is 25.1 Å². The van der Waals surface area contributed by atoms with E-state index < -0.39 is 11.8 Å². The van der Waals surface area contributed by atoms with Gasteiger partial charge in [0.05, 0.1) is 17.3 Å². The zero-order valence-electron chi connectivity index (χ0n) is 17.6. The van der Waals surface area contributed by atoms with Crippen LogP contribution in [0.3, 0.4) is 0 Å². The number of nitrogens with one attached hydrogen (secondary N) is 2. The largest absolute Gasteiger partial charge is 0.374 e. The standard InChI is InChI=1S/C23H27N5O2/c1-27(2)21(17-10-11-20-16(13-17)8-6-12-28(20)3)15-25-22(29)23(30)26-19-9-5-4-7-18(19)14-24/h4-5,7,9-11,13,21H,6,8,12,15H2,1-3H3,(H,25,29)(H,26,30)/t21-/m1/s1. The highest BCUT2D eigenvalue weighted by atomic mass is 16.2. The monoisotopic (exact) mass is 405 g/mol. The Bertz CT molecular complexity index is 980. The van der Waals surface area contributed by atoms with Gasteiger partial charge in [0.25, 0.3) is 0 Å². The number of fused-ring (bicyclic) bond motifs is 1. The molecule has 2 aromatic rings. The summed E-state index contributed by atoms with van der Waals surface area (Å²) >= 11 is 0. The van der Waals surface area contributed by atoms with Crippen molar-refractivity contribution in [2.45, 2.75) is 18.9 Å². The summed E-state index contributed by atoms with van der Waals surface area (Å²) in [6, 6.07) is 14.9. The molecule has 2 aromatic carbocycles. The lowest BCUT2D eigenvalue weighted by Gasteiger charge is -2.30. The predicted octanol–water partition coefficient (Wildman–Crippen LogP) is 2.30. The Labute approximate surface area is 177 Å². The van der Waals surface area contributed by atoms with Gasteiger partial charge < -0.3 is 20.4 Å². The minimum atomic E-state index is -0.790. The SMILES string of the molecule is CN1CCCc2cc([C@@H](CNC(=O)C(=O)Nc3ccccc3C#N)N(C)C)ccc21. The third kappa shape index (κ3) is 4.78. The van der Waals surface area contributed by atoms with Crippen LogP contribution in [0.1, 0.15) is 29.2 Å². The van der Waals surface area contributed by atoms with Crippen LogP contribution in [0.25, 0.3) is 0 Å². The van der Waals surface area contributed by atoms with Crippen molar-refractivity contribution in [1.29, 1.82) is 5.26 Å². The van der Waals surface area contributed by atoms with Gasteiger partial charge >= 0.3 is 11.8 Å². The summed E-state index contributed by atoms with van der Waals surface area (Å²) in [6.45, 7) is 1.36. The van der Waals surface area contributed by atoms with Crippen molar-refractivity contribution in [2.24, 2.45) is 0 Å². The van der Waals surface area contributed by atoms with Gasteiger partial charge in [-0.25, -0.2) is 0 Å². The number of nitrogens with zero attached hydrogens (tertiary/aromatic N) is 3. The number of hydrogen-bond acceptors (Lipinski definition) is 5. The van der Waals surface area contributed by atoms with Crippen LogP contribution in [0.15, 0.2) is 42.5 Å². The van der Waals surface area contributed by atoms with E-state index in [1.54, 1.807) is 24.3 Å². The van der Waals surface area contributed by atoms with Crippen molar-refractivity contribution in [1.82, 2.24) is 10.2 Å². The zero-order valence-corrected chi connectivity index (χ0v) is 17.6. The van der Waals surface area contributed by atoms with E-state index in [0.29, 0.717) is 17.8 Å². The van der Waals surface area contributed by atoms with Crippen molar-refractivity contribution in [2.75, 3.05) is 44.4 Å². The molecule has 3 rings (SSSR count). The molecule has 30 heavy (non-hydrogen) atoms. The summed E-state index contributed by atoms with van der Waals surface area (Å²) in [5, 5.41) is 14.4. The molecule has 7 heteroatoms. The summed E-state index contributed by atoms with van der Waals surface area (Å²) in [5.41, 5.74) is 4.30. The molecule has 0 unspecified atom stereocenters. The minimum Gasteiger partial charge on any atom is -0.374 e. The van der Waals surface area contributed by atoms with Gasteiger partial charge in [-0.1, -0.05) is 24.3 Å². The van der Waals surface area contributed by atoms with Gasteiger partial charge in [-0.15, -0.1) is 0 Å². The maximum absolute atomic E-state index is 12.3. The van der Waals surface area contributed by atoms with Crippen LogP contribution in [-0.4, -0.2) is 50.9 Å². The van der Waals surface area contributed by atoms with E-state index in [4.69, 9.17) is 5.26 Å². The van der Waals surface area contributed by atoms with Crippen LogP contribution in [-0.2, 0) is 16.0 Å². The molecule has 0 spiro atoms. The quantitative estimate of drug-likeness (QED) is 0.745. The maximum atomic E-state index is 12.3. The summed E-state index contributed by atoms with van der Waals surface area (Å²) in [6.07, 6.45) is 2.17. The summed E-state index contributed by atoms with van der Waals surface area (Å²) in [7, 11) is 6.00. The lowest BCUT2D eigenvalue weighted by Crippen LogP contribution is -2.40. The lowest BCUT2D eigenvalue weighted by atomic mass is 9.96. The molecule has 1 aliphatic heterocycles. The number of para-hydroxylation sites is 1. The smallest absolute Gasteiger partial charge is 0.313 e. The van der Waals surface area contributed by atoms with Gasteiger partial charge in [0.15, 0.2) is 0 Å². The summed E-state index contributed by atoms with van der Waals surface area (Å²) in [5.74, 6) is -1.52. The lowest BCUT2D eigenvalue weighted by molar-refractivity contribution is -0.136. The van der Waals surface area contributed by atoms with Gasteiger partial charge in [0, 0.05) is 25.8 Å². The molecule has 0 bridgehead atoms. The first-order chi connectivity index (χ1) is 14.4. The van der Waals surface area contributed by atoms with E-state index in [-0.39, 0.29) is 6.04 Å². The van der Waals surface area contributed by atoms with E-state index in [0.717, 1.165) is 24.9 Å². The minimum absolute atomic E-state index is 0.0642. The van der Waals surface area contributed by atoms with Gasteiger partial charge in [-0.2, -0.15) is 5.26 Å². The molecule has 0 aromatic heterocycles. The number of likely N-dealkylation sites (N-methyl/N-ethyl adjacent to an activating group) is 1. The van der Waals surface area contributed by atoms with Crippen LogP contribution < -0.4 is 15.5 Å². The van der Waals surface area contributed by atoms with Gasteiger partial charge in [-0.3, -0.25) is 9.59 Å². The van der Waals surface area contributed by atoms with Crippen LogP contribution in [0, 0.1) is 11.3 Å². The molecule has 2 N–H and O–H groups in total. The van der Waals surface area contributed by atoms with Crippen molar-refractivity contribution >= 4 is 23.2 Å².